The number of nitrogens with one attached hydrogen (secondary N) is 1. The average Bonchev–Trinajstić information content (AvgIpc) is 2.85. The highest BCUT2D eigenvalue weighted by Gasteiger charge is 2.19. The Kier molecular flexibility index (Phi) is 3.64. The number of piperazine rings is 1. The van der Waals surface area contributed by atoms with Gasteiger partial charge in [0, 0.05) is 31.9 Å². The Morgan fingerprint density at radius 1 is 1.10 bits per heavy atom. The molecular formula is C14H20N6. The minimum absolute atomic E-state index is 0.819. The lowest BCUT2D eigenvalue weighted by atomic mass is 10.3. The van der Waals surface area contributed by atoms with Crippen molar-refractivity contribution in [1.29, 1.82) is 0 Å². The Bertz CT molecular complexity index is 571. The van der Waals surface area contributed by atoms with E-state index >= 15 is 0 Å². The van der Waals surface area contributed by atoms with Crippen molar-refractivity contribution in [3.05, 3.63) is 35.5 Å². The van der Waals surface area contributed by atoms with E-state index in [1.165, 1.54) is 0 Å². The van der Waals surface area contributed by atoms with Crippen LogP contribution in [0.4, 0.5) is 5.82 Å². The van der Waals surface area contributed by atoms with E-state index in [2.05, 4.69) is 42.1 Å². The smallest absolute Gasteiger partial charge is 0.164 e. The molecule has 1 fully saturated rings. The SMILES string of the molecule is Cc1cccc(N2CCN(Cc3n[nH]c(C)n3)CC2)n1. The second kappa shape index (κ2) is 5.58. The van der Waals surface area contributed by atoms with Gasteiger partial charge >= 0.3 is 0 Å². The van der Waals surface area contributed by atoms with E-state index in [1.54, 1.807) is 0 Å². The molecule has 1 saturated heterocycles. The van der Waals surface area contributed by atoms with Crippen LogP contribution in [-0.4, -0.2) is 51.2 Å². The van der Waals surface area contributed by atoms with Crippen LogP contribution in [0, 0.1) is 13.8 Å². The molecule has 1 aliphatic heterocycles. The minimum Gasteiger partial charge on any atom is -0.354 e. The molecule has 1 aliphatic rings. The summed E-state index contributed by atoms with van der Waals surface area (Å²) in [5.41, 5.74) is 1.07. The summed E-state index contributed by atoms with van der Waals surface area (Å²) in [6.07, 6.45) is 0. The van der Waals surface area contributed by atoms with E-state index < -0.39 is 0 Å². The zero-order chi connectivity index (χ0) is 13.9. The van der Waals surface area contributed by atoms with Gasteiger partial charge in [-0.2, -0.15) is 5.10 Å². The highest BCUT2D eigenvalue weighted by atomic mass is 15.3. The van der Waals surface area contributed by atoms with E-state index in [1.807, 2.05) is 19.9 Å². The third-order valence-corrected chi connectivity index (χ3v) is 3.58. The van der Waals surface area contributed by atoms with E-state index in [4.69, 9.17) is 0 Å². The summed E-state index contributed by atoms with van der Waals surface area (Å²) in [6, 6.07) is 6.19. The van der Waals surface area contributed by atoms with Crippen LogP contribution < -0.4 is 4.90 Å². The lowest BCUT2D eigenvalue weighted by molar-refractivity contribution is 0.243. The fourth-order valence-corrected chi connectivity index (χ4v) is 2.50. The van der Waals surface area contributed by atoms with Gasteiger partial charge in [-0.25, -0.2) is 9.97 Å². The topological polar surface area (TPSA) is 60.9 Å². The predicted molar refractivity (Wildman–Crippen MR) is 77.6 cm³/mol. The number of hydrogen-bond acceptors (Lipinski definition) is 5. The van der Waals surface area contributed by atoms with Crippen LogP contribution in [0.5, 0.6) is 0 Å². The maximum absolute atomic E-state index is 4.59. The molecule has 6 nitrogen and oxygen atoms in total. The first-order valence-electron chi connectivity index (χ1n) is 6.99. The van der Waals surface area contributed by atoms with E-state index in [9.17, 15) is 0 Å². The summed E-state index contributed by atoms with van der Waals surface area (Å²) < 4.78 is 0. The van der Waals surface area contributed by atoms with Gasteiger partial charge in [-0.15, -0.1) is 0 Å². The summed E-state index contributed by atoms with van der Waals surface area (Å²) in [5, 5.41) is 7.09. The fourth-order valence-electron chi connectivity index (χ4n) is 2.50. The lowest BCUT2D eigenvalue weighted by Crippen LogP contribution is -2.46. The Balaban J connectivity index is 1.57. The van der Waals surface area contributed by atoms with Crippen LogP contribution in [0.3, 0.4) is 0 Å². The molecule has 0 saturated carbocycles. The lowest BCUT2D eigenvalue weighted by Gasteiger charge is -2.34. The molecule has 0 atom stereocenters. The van der Waals surface area contributed by atoms with Gasteiger partial charge in [0.25, 0.3) is 0 Å². The van der Waals surface area contributed by atoms with Crippen LogP contribution in [0.25, 0.3) is 0 Å². The van der Waals surface area contributed by atoms with E-state index in [0.717, 1.165) is 55.9 Å². The number of hydrogen-bond donors (Lipinski definition) is 1. The van der Waals surface area contributed by atoms with Crippen LogP contribution in [0.15, 0.2) is 18.2 Å². The zero-order valence-corrected chi connectivity index (χ0v) is 12.0. The Labute approximate surface area is 118 Å². The van der Waals surface area contributed by atoms with Crippen molar-refractivity contribution in [2.24, 2.45) is 0 Å². The summed E-state index contributed by atoms with van der Waals surface area (Å²) in [7, 11) is 0. The molecule has 0 aliphatic carbocycles. The molecule has 106 valence electrons. The van der Waals surface area contributed by atoms with Gasteiger partial charge in [0.2, 0.25) is 0 Å². The average molecular weight is 272 g/mol. The van der Waals surface area contributed by atoms with Gasteiger partial charge in [-0.1, -0.05) is 6.07 Å². The van der Waals surface area contributed by atoms with Crippen LogP contribution in [-0.2, 0) is 6.54 Å². The van der Waals surface area contributed by atoms with E-state index in [-0.39, 0.29) is 0 Å². The van der Waals surface area contributed by atoms with Gasteiger partial charge in [0.1, 0.15) is 11.6 Å². The number of pyridine rings is 1. The number of aromatic nitrogens is 4. The second-order valence-corrected chi connectivity index (χ2v) is 5.24. The molecule has 0 radical (unpaired) electrons. The third-order valence-electron chi connectivity index (χ3n) is 3.58. The Hall–Kier alpha value is -1.95. The molecule has 0 aromatic carbocycles. The molecule has 20 heavy (non-hydrogen) atoms. The Morgan fingerprint density at radius 2 is 1.90 bits per heavy atom. The molecule has 6 heteroatoms. The number of anilines is 1. The largest absolute Gasteiger partial charge is 0.354 e. The number of H-pyrrole nitrogens is 1. The molecule has 2 aromatic rings. The maximum Gasteiger partial charge on any atom is 0.164 e. The van der Waals surface area contributed by atoms with Gasteiger partial charge in [-0.05, 0) is 26.0 Å². The molecule has 0 bridgehead atoms. The van der Waals surface area contributed by atoms with Crippen molar-refractivity contribution >= 4 is 5.82 Å². The van der Waals surface area contributed by atoms with Crippen molar-refractivity contribution in [2.45, 2.75) is 20.4 Å². The minimum atomic E-state index is 0.819. The van der Waals surface area contributed by atoms with Gasteiger partial charge in [0.15, 0.2) is 5.82 Å². The van der Waals surface area contributed by atoms with Gasteiger partial charge in [0.05, 0.1) is 6.54 Å². The molecule has 3 heterocycles. The zero-order valence-electron chi connectivity index (χ0n) is 12.0. The summed E-state index contributed by atoms with van der Waals surface area (Å²) >= 11 is 0. The second-order valence-electron chi connectivity index (χ2n) is 5.24. The van der Waals surface area contributed by atoms with Crippen molar-refractivity contribution in [2.75, 3.05) is 31.1 Å². The van der Waals surface area contributed by atoms with Crippen molar-refractivity contribution < 1.29 is 0 Å². The molecule has 2 aromatic heterocycles. The summed E-state index contributed by atoms with van der Waals surface area (Å²) in [4.78, 5) is 13.7. The number of nitrogens with zero attached hydrogens (tertiary/aromatic N) is 5. The third kappa shape index (κ3) is 2.96. The number of rotatable bonds is 3. The molecule has 3 rings (SSSR count). The Morgan fingerprint density at radius 3 is 2.55 bits per heavy atom. The molecule has 1 N–H and O–H groups in total. The monoisotopic (exact) mass is 272 g/mol. The molecule has 0 spiro atoms. The summed E-state index contributed by atoms with van der Waals surface area (Å²) in [6.45, 7) is 8.81. The first kappa shape index (κ1) is 13.1. The first-order valence-corrected chi connectivity index (χ1v) is 6.99. The number of aryl methyl sites for hydroxylation is 2. The number of aromatic amines is 1. The molecule has 0 unspecified atom stereocenters. The highest BCUT2D eigenvalue weighted by Crippen LogP contribution is 2.14. The quantitative estimate of drug-likeness (QED) is 0.908. The van der Waals surface area contributed by atoms with Crippen LogP contribution in [0.2, 0.25) is 0 Å². The van der Waals surface area contributed by atoms with Crippen molar-refractivity contribution in [3.63, 3.8) is 0 Å². The van der Waals surface area contributed by atoms with Crippen molar-refractivity contribution in [1.82, 2.24) is 25.1 Å². The molecule has 0 amide bonds. The molecular weight excluding hydrogens is 252 g/mol. The maximum atomic E-state index is 4.59. The fraction of sp³-hybridized carbons (Fsp3) is 0.500. The van der Waals surface area contributed by atoms with Gasteiger partial charge < -0.3 is 4.90 Å². The normalized spacial score (nSPS) is 16.6. The van der Waals surface area contributed by atoms with Crippen molar-refractivity contribution in [3.8, 4) is 0 Å². The van der Waals surface area contributed by atoms with E-state index in [0.29, 0.717) is 0 Å². The van der Waals surface area contributed by atoms with Crippen LogP contribution in [0.1, 0.15) is 17.3 Å². The standard InChI is InChI=1S/C14H20N6/c1-11-4-3-5-14(15-11)20-8-6-19(7-9-20)10-13-16-12(2)17-18-13/h3-5H,6-10H2,1-2H3,(H,16,17,18). The van der Waals surface area contributed by atoms with Crippen LogP contribution >= 0.6 is 0 Å². The van der Waals surface area contributed by atoms with Gasteiger partial charge in [-0.3, -0.25) is 10.00 Å². The predicted octanol–water partition coefficient (Wildman–Crippen LogP) is 1.14. The summed E-state index contributed by atoms with van der Waals surface area (Å²) in [5.74, 6) is 2.84. The first-order chi connectivity index (χ1) is 9.70. The highest BCUT2D eigenvalue weighted by molar-refractivity contribution is 5.39.